The van der Waals surface area contributed by atoms with E-state index in [0.29, 0.717) is 95.4 Å². The second kappa shape index (κ2) is 39.8. The van der Waals surface area contributed by atoms with Crippen LogP contribution in [0.25, 0.3) is 66.5 Å². The number of anilines is 9. The first-order valence-electron chi connectivity index (χ1n) is 41.0. The largest absolute Gasteiger partial charge is 0.478 e. The van der Waals surface area contributed by atoms with Crippen LogP contribution in [0.2, 0.25) is 0 Å². The Bertz CT molecular complexity index is 5510. The van der Waals surface area contributed by atoms with Gasteiger partial charge in [0.1, 0.15) is 17.1 Å². The van der Waals surface area contributed by atoms with E-state index in [9.17, 15) is 19.5 Å². The smallest absolute Gasteiger partial charge is 0.256 e. The van der Waals surface area contributed by atoms with Gasteiger partial charge in [-0.2, -0.15) is 0 Å². The van der Waals surface area contributed by atoms with E-state index in [0.717, 1.165) is 181 Å². The fraction of sp³-hybridized carbons (Fsp3) is 0.458. The molecular weight excluding hydrogens is 1550 g/mol. The van der Waals surface area contributed by atoms with Crippen LogP contribution in [0.3, 0.4) is 0 Å². The fourth-order valence-electron chi connectivity index (χ4n) is 15.8. The molecular formula is C83H112N30O8. The number of ether oxygens (including phenoxy) is 4. The summed E-state index contributed by atoms with van der Waals surface area (Å²) >= 11 is 0. The molecule has 0 spiro atoms. The molecule has 0 aliphatic carbocycles. The number of H-pyrrole nitrogens is 3. The maximum absolute atomic E-state index is 13.5. The monoisotopic (exact) mass is 1660 g/mol. The van der Waals surface area contributed by atoms with Crippen molar-refractivity contribution in [3.8, 4) is 51.4 Å². The zero-order valence-electron chi connectivity index (χ0n) is 71.6. The first-order chi connectivity index (χ1) is 58.6. The number of rotatable bonds is 30. The second-order valence-electron chi connectivity index (χ2n) is 30.5. The lowest BCUT2D eigenvalue weighted by molar-refractivity contribution is -0.123. The molecule has 3 saturated heterocycles. The Morgan fingerprint density at radius 1 is 0.446 bits per heavy atom. The highest BCUT2D eigenvalue weighted by atomic mass is 16.5. The Kier molecular flexibility index (Phi) is 28.5. The molecule has 3 fully saturated rings. The summed E-state index contributed by atoms with van der Waals surface area (Å²) in [5, 5.41) is 43.6. The normalized spacial score (nSPS) is 15.3. The molecule has 38 heteroatoms. The molecule has 3 aliphatic rings. The molecule has 0 radical (unpaired) electrons. The Labute approximate surface area is 702 Å². The quantitative estimate of drug-likeness (QED) is 0.0202. The Morgan fingerprint density at radius 2 is 0.752 bits per heavy atom. The number of aryl methyl sites for hydroxylation is 6. The van der Waals surface area contributed by atoms with Gasteiger partial charge in [-0.15, -0.1) is 15.3 Å². The first-order valence-corrected chi connectivity index (χ1v) is 41.0. The molecule has 121 heavy (non-hydrogen) atoms. The average Bonchev–Trinajstić information content (AvgIpc) is 1.63. The standard InChI is InChI=1S/C28H38N10O3.C28H38N10O2.C27H36N10O3/c1-6-22(38-11-9-37(10-12-38)13-14-40-4)26(39)34-25-24-19(7-8-29-25)20(16-30-24)23-18(2)15-31-28(33-23)32-21-17-36(3)35-27(21)41-5;1-7-22(38-12-10-37(11-13-38)17(2)3)26(39)34-25-24-19(8-9-29-25)20(15-30-24)23-18(4)14-31-28(33-23)32-21-16-36(5)35-27(21)40-6;1-5-21(37-10-8-36(9-11-37)12-13-38)25(39)33-24-23-18(6-7-28-24)19(15-29-23)22-17(2)14-30-27(32-22)31-20-16-35(3)34-26(20)40-4/h7-8,15-17,22,30H,6,9-14H2,1-5H3,(H,29,34,39)(H,31,32,33);8-9,14-17,22,30H,7,10-13H2,1-6H3,(H,29,34,39)(H,31,32,33);6-7,14-16,21,29,38H,5,8-13H2,1-4H3,(H,28,33,39)(H,30,31,32). The van der Waals surface area contributed by atoms with Crippen molar-refractivity contribution in [1.29, 1.82) is 0 Å². The van der Waals surface area contributed by atoms with E-state index >= 15 is 0 Å². The molecule has 12 aromatic rings. The van der Waals surface area contributed by atoms with Gasteiger partial charge in [0.25, 0.3) is 17.6 Å². The molecule has 642 valence electrons. The number of carbonyl (C=O) groups is 3. The van der Waals surface area contributed by atoms with Crippen LogP contribution in [0, 0.1) is 20.8 Å². The van der Waals surface area contributed by atoms with Crippen LogP contribution < -0.4 is 46.1 Å². The number of piperazine rings is 3. The molecule has 3 amide bonds. The summed E-state index contributed by atoms with van der Waals surface area (Å²) in [6.07, 6.45) is 23.7. The number of nitrogens with one attached hydrogen (secondary N) is 9. The minimum absolute atomic E-state index is 0.0354. The van der Waals surface area contributed by atoms with Crippen LogP contribution in [0.15, 0.2) is 92.6 Å². The zero-order chi connectivity index (χ0) is 85.5. The van der Waals surface area contributed by atoms with E-state index < -0.39 is 0 Å². The molecule has 0 aromatic carbocycles. The van der Waals surface area contributed by atoms with Crippen molar-refractivity contribution >= 4 is 103 Å². The van der Waals surface area contributed by atoms with Gasteiger partial charge < -0.3 is 70.9 Å². The molecule has 3 aliphatic heterocycles. The third kappa shape index (κ3) is 20.1. The van der Waals surface area contributed by atoms with Gasteiger partial charge >= 0.3 is 0 Å². The van der Waals surface area contributed by atoms with E-state index in [1.54, 1.807) is 92.1 Å². The average molecular weight is 1660 g/mol. The number of carbonyl (C=O) groups excluding carboxylic acids is 3. The Hall–Kier alpha value is -12.2. The second-order valence-corrected chi connectivity index (χ2v) is 30.5. The van der Waals surface area contributed by atoms with E-state index in [1.807, 2.05) is 98.7 Å². The number of methoxy groups -OCH3 is 4. The van der Waals surface area contributed by atoms with Crippen molar-refractivity contribution in [1.82, 2.24) is 119 Å². The van der Waals surface area contributed by atoms with Crippen LogP contribution >= 0.6 is 0 Å². The molecule has 15 rings (SSSR count). The van der Waals surface area contributed by atoms with Gasteiger partial charge in [0, 0.05) is 215 Å². The van der Waals surface area contributed by atoms with Gasteiger partial charge in [-0.25, -0.2) is 44.9 Å². The number of hydrogen-bond acceptors (Lipinski definition) is 29. The minimum atomic E-state index is -0.259. The highest BCUT2D eigenvalue weighted by Gasteiger charge is 2.33. The summed E-state index contributed by atoms with van der Waals surface area (Å²) in [4.78, 5) is 105. The fourth-order valence-corrected chi connectivity index (χ4v) is 15.8. The predicted octanol–water partition coefficient (Wildman–Crippen LogP) is 8.49. The number of amides is 3. The third-order valence-electron chi connectivity index (χ3n) is 22.2. The van der Waals surface area contributed by atoms with Crippen molar-refractivity contribution in [3.05, 3.63) is 109 Å². The summed E-state index contributed by atoms with van der Waals surface area (Å²) < 4.78 is 26.2. The molecule has 0 saturated carbocycles. The van der Waals surface area contributed by atoms with Crippen molar-refractivity contribution in [3.63, 3.8) is 0 Å². The van der Waals surface area contributed by atoms with Crippen LogP contribution in [0.4, 0.5) is 52.4 Å². The van der Waals surface area contributed by atoms with Crippen LogP contribution in [0.1, 0.15) is 70.6 Å². The maximum Gasteiger partial charge on any atom is 0.256 e. The number of nitrogens with zero attached hydrogens (tertiary/aromatic N) is 21. The molecule has 3 unspecified atom stereocenters. The Morgan fingerprint density at radius 3 is 1.04 bits per heavy atom. The van der Waals surface area contributed by atoms with Gasteiger partial charge in [-0.1, -0.05) is 20.8 Å². The third-order valence-corrected chi connectivity index (χ3v) is 22.2. The van der Waals surface area contributed by atoms with Crippen LogP contribution in [-0.4, -0.2) is 299 Å². The topological polar surface area (TPSA) is 417 Å². The van der Waals surface area contributed by atoms with Crippen molar-refractivity contribution < 1.29 is 38.4 Å². The summed E-state index contributed by atoms with van der Waals surface area (Å²) in [7, 11) is 11.9. The van der Waals surface area contributed by atoms with Crippen molar-refractivity contribution in [2.75, 3.05) is 165 Å². The number of fused-ring (bicyclic) bond motifs is 3. The summed E-state index contributed by atoms with van der Waals surface area (Å²) in [5.41, 5.74) is 11.9. The number of aromatic amines is 3. The van der Waals surface area contributed by atoms with Crippen molar-refractivity contribution in [2.45, 2.75) is 98.8 Å². The van der Waals surface area contributed by atoms with E-state index in [-0.39, 0.29) is 42.5 Å². The lowest BCUT2D eigenvalue weighted by Gasteiger charge is -2.39. The van der Waals surface area contributed by atoms with E-state index in [4.69, 9.17) is 33.9 Å². The highest BCUT2D eigenvalue weighted by molar-refractivity contribution is 6.08. The van der Waals surface area contributed by atoms with Crippen molar-refractivity contribution in [2.24, 2.45) is 21.1 Å². The highest BCUT2D eigenvalue weighted by Crippen LogP contribution is 2.38. The Balaban J connectivity index is 0.000000157. The minimum Gasteiger partial charge on any atom is -0.478 e. The van der Waals surface area contributed by atoms with Gasteiger partial charge in [0.2, 0.25) is 35.6 Å². The van der Waals surface area contributed by atoms with Crippen LogP contribution in [-0.2, 0) is 40.3 Å². The lowest BCUT2D eigenvalue weighted by Crippen LogP contribution is -2.54. The predicted molar refractivity (Wildman–Crippen MR) is 466 cm³/mol. The molecule has 0 bridgehead atoms. The lowest BCUT2D eigenvalue weighted by atomic mass is 10.1. The maximum atomic E-state index is 13.5. The number of aromatic nitrogens is 18. The van der Waals surface area contributed by atoms with Crippen LogP contribution in [0.5, 0.6) is 17.6 Å². The molecule has 3 atom stereocenters. The van der Waals surface area contributed by atoms with E-state index in [2.05, 4.69) is 142 Å². The molecule has 15 heterocycles. The van der Waals surface area contributed by atoms with Gasteiger partial charge in [0.05, 0.1) is 105 Å². The molecule has 12 aromatic heterocycles. The first kappa shape index (κ1) is 86.7. The molecule has 38 nitrogen and oxygen atoms in total. The number of aliphatic hydroxyl groups excluding tert-OH is 1. The zero-order valence-corrected chi connectivity index (χ0v) is 71.6. The molecule has 10 N–H and O–H groups in total. The number of β-amino-alcohol motifs (C(OH)–C–C–N with tert-alkyl or cyclic N) is 1. The van der Waals surface area contributed by atoms with Gasteiger partial charge in [0.15, 0.2) is 17.5 Å². The summed E-state index contributed by atoms with van der Waals surface area (Å²) in [5.74, 6) is 3.94. The SMILES string of the molecule is CCC(C(=O)Nc1nccc2c(-c3nc(Nc4cn(C)nc4OC)ncc3C)c[nH]c12)N1CCN(C(C)C)CC1.CCC(C(=O)Nc1nccc2c(-c3nc(Nc4cn(C)nc4OC)ncc3C)c[nH]c12)N1CCN(CCO)CC1.CCC(C(=O)Nc1nccc2c(-c3nc(Nc4cn(C)nc4OC)ncc3C)c[nH]c12)N1CCN(CCOC)CC1. The number of pyridine rings is 3. The summed E-state index contributed by atoms with van der Waals surface area (Å²) in [6.45, 7) is 29.4. The van der Waals surface area contributed by atoms with Gasteiger partial charge in [-0.3, -0.25) is 57.8 Å². The van der Waals surface area contributed by atoms with E-state index in [1.165, 1.54) is 0 Å². The van der Waals surface area contributed by atoms with Gasteiger partial charge in [-0.05, 0) is 88.8 Å². The number of hydrogen-bond donors (Lipinski definition) is 10. The number of aliphatic hydroxyl groups is 1. The summed E-state index contributed by atoms with van der Waals surface area (Å²) in [6, 6.07) is 5.59.